The first-order valence-electron chi connectivity index (χ1n) is 9.85. The zero-order chi connectivity index (χ0) is 23.6. The summed E-state index contributed by atoms with van der Waals surface area (Å²) in [7, 11) is 0. The number of Topliss-reactive ketones (excluding diaryl/α,β-unsaturated/α-hetero) is 1. The van der Waals surface area contributed by atoms with Crippen LogP contribution < -0.4 is 15.8 Å². The fraction of sp³-hybridized carbons (Fsp3) is 0.238. The van der Waals surface area contributed by atoms with Crippen LogP contribution in [0.15, 0.2) is 42.7 Å². The van der Waals surface area contributed by atoms with Gasteiger partial charge in [-0.2, -0.15) is 13.2 Å². The number of anilines is 1. The number of carbonyl (C=O) groups is 2. The van der Waals surface area contributed by atoms with Crippen molar-refractivity contribution in [2.24, 2.45) is 5.73 Å². The van der Waals surface area contributed by atoms with Gasteiger partial charge in [-0.1, -0.05) is 0 Å². The molecule has 0 bridgehead atoms. The molecule has 3 N–H and O–H groups in total. The number of halogens is 3. The Morgan fingerprint density at radius 3 is 2.45 bits per heavy atom. The zero-order valence-electron chi connectivity index (χ0n) is 17.0. The number of nitrogens with one attached hydrogen (secondary N) is 1. The van der Waals surface area contributed by atoms with Crippen LogP contribution in [-0.4, -0.2) is 37.7 Å². The lowest BCUT2D eigenvalue weighted by molar-refractivity contribution is -0.141. The van der Waals surface area contributed by atoms with E-state index >= 15 is 0 Å². The van der Waals surface area contributed by atoms with Gasteiger partial charge in [-0.25, -0.2) is 19.9 Å². The smallest absolute Gasteiger partial charge is 0.434 e. The lowest BCUT2D eigenvalue weighted by Gasteiger charge is -2.13. The SMILES string of the molecule is NC(=O)c1cc(N[C@H]2CCCC2=O)nc(-c2ccc(Oc3cnc(C(F)(F)F)cn3)cc2)n1. The molecule has 1 saturated carbocycles. The molecule has 0 radical (unpaired) electrons. The van der Waals surface area contributed by atoms with E-state index in [9.17, 15) is 22.8 Å². The lowest BCUT2D eigenvalue weighted by atomic mass is 10.2. The highest BCUT2D eigenvalue weighted by Gasteiger charge is 2.32. The Balaban J connectivity index is 1.54. The standard InChI is InChI=1S/C21H17F3N6O3/c22-21(23,24)16-9-27-18(10-26-16)33-12-6-4-11(5-7-12)20-29-14(19(25)32)8-17(30-20)28-13-2-1-3-15(13)31/h4-10,13H,1-3H2,(H2,25,32)(H,28,29,30)/t13-/m0/s1. The summed E-state index contributed by atoms with van der Waals surface area (Å²) < 4.78 is 43.2. The number of hydrogen-bond acceptors (Lipinski definition) is 8. The molecule has 9 nitrogen and oxygen atoms in total. The second-order valence-corrected chi connectivity index (χ2v) is 7.25. The van der Waals surface area contributed by atoms with Crippen molar-refractivity contribution in [2.75, 3.05) is 5.32 Å². The topological polar surface area (TPSA) is 133 Å². The summed E-state index contributed by atoms with van der Waals surface area (Å²) in [6, 6.07) is 7.26. The Morgan fingerprint density at radius 2 is 1.88 bits per heavy atom. The van der Waals surface area contributed by atoms with Crippen molar-refractivity contribution in [3.63, 3.8) is 0 Å². The first-order chi connectivity index (χ1) is 15.7. The molecule has 1 amide bonds. The zero-order valence-corrected chi connectivity index (χ0v) is 17.0. The van der Waals surface area contributed by atoms with Gasteiger partial charge in [0, 0.05) is 18.1 Å². The molecule has 1 atom stereocenters. The van der Waals surface area contributed by atoms with Crippen LogP contribution in [0.4, 0.5) is 19.0 Å². The second kappa shape index (κ2) is 8.81. The van der Waals surface area contributed by atoms with E-state index in [2.05, 4.69) is 25.3 Å². The molecule has 1 aliphatic rings. The highest BCUT2D eigenvalue weighted by molar-refractivity contribution is 5.92. The molecule has 170 valence electrons. The summed E-state index contributed by atoms with van der Waals surface area (Å²) in [5.74, 6) is -0.0114. The Bertz CT molecular complexity index is 1180. The average molecular weight is 458 g/mol. The number of ketones is 1. The fourth-order valence-electron chi connectivity index (χ4n) is 3.23. The minimum absolute atomic E-state index is 0.0201. The molecule has 1 aliphatic carbocycles. The van der Waals surface area contributed by atoms with Crippen LogP contribution in [0.1, 0.15) is 35.4 Å². The van der Waals surface area contributed by atoms with Crippen molar-refractivity contribution in [3.8, 4) is 23.0 Å². The highest BCUT2D eigenvalue weighted by Crippen LogP contribution is 2.29. The van der Waals surface area contributed by atoms with Crippen LogP contribution in [0.5, 0.6) is 11.6 Å². The van der Waals surface area contributed by atoms with Gasteiger partial charge in [0.15, 0.2) is 17.3 Å². The molecule has 0 spiro atoms. The summed E-state index contributed by atoms with van der Waals surface area (Å²) >= 11 is 0. The number of ether oxygens (including phenoxy) is 1. The molecule has 2 heterocycles. The van der Waals surface area contributed by atoms with Gasteiger partial charge in [0.1, 0.15) is 17.3 Å². The minimum Gasteiger partial charge on any atom is -0.438 e. The number of amides is 1. The van der Waals surface area contributed by atoms with Crippen molar-refractivity contribution in [1.29, 1.82) is 0 Å². The minimum atomic E-state index is -4.59. The predicted octanol–water partition coefficient (Wildman–Crippen LogP) is 3.38. The third-order valence-electron chi connectivity index (χ3n) is 4.86. The molecule has 1 aromatic carbocycles. The van der Waals surface area contributed by atoms with E-state index in [0.29, 0.717) is 30.4 Å². The van der Waals surface area contributed by atoms with E-state index in [4.69, 9.17) is 10.5 Å². The Labute approximate surface area is 185 Å². The Morgan fingerprint density at radius 1 is 1.12 bits per heavy atom. The van der Waals surface area contributed by atoms with Gasteiger partial charge in [-0.05, 0) is 37.1 Å². The molecule has 3 aromatic rings. The van der Waals surface area contributed by atoms with Gasteiger partial charge in [0.05, 0.1) is 18.4 Å². The van der Waals surface area contributed by atoms with Crippen molar-refractivity contribution < 1.29 is 27.5 Å². The number of alkyl halides is 3. The van der Waals surface area contributed by atoms with Crippen molar-refractivity contribution in [3.05, 3.63) is 54.1 Å². The van der Waals surface area contributed by atoms with Crippen LogP contribution in [0.3, 0.4) is 0 Å². The molecule has 0 saturated heterocycles. The van der Waals surface area contributed by atoms with Gasteiger partial charge in [-0.3, -0.25) is 9.59 Å². The Hall–Kier alpha value is -4.09. The van der Waals surface area contributed by atoms with Gasteiger partial charge in [-0.15, -0.1) is 0 Å². The van der Waals surface area contributed by atoms with Crippen molar-refractivity contribution >= 4 is 17.5 Å². The summed E-state index contributed by atoms with van der Waals surface area (Å²) in [6.07, 6.45) is -1.20. The number of nitrogens with zero attached hydrogens (tertiary/aromatic N) is 4. The number of carbonyl (C=O) groups excluding carboxylic acids is 2. The second-order valence-electron chi connectivity index (χ2n) is 7.25. The molecule has 33 heavy (non-hydrogen) atoms. The number of rotatable bonds is 6. The normalized spacial score (nSPS) is 16.0. The molecule has 12 heteroatoms. The van der Waals surface area contributed by atoms with Crippen LogP contribution in [0.2, 0.25) is 0 Å². The largest absolute Gasteiger partial charge is 0.438 e. The van der Waals surface area contributed by atoms with Crippen LogP contribution in [-0.2, 0) is 11.0 Å². The van der Waals surface area contributed by atoms with E-state index in [1.165, 1.54) is 18.2 Å². The third kappa shape index (κ3) is 5.22. The van der Waals surface area contributed by atoms with Crippen LogP contribution in [0.25, 0.3) is 11.4 Å². The maximum Gasteiger partial charge on any atom is 0.434 e. The van der Waals surface area contributed by atoms with E-state index in [1.807, 2.05) is 0 Å². The fourth-order valence-corrected chi connectivity index (χ4v) is 3.23. The monoisotopic (exact) mass is 458 g/mol. The molecule has 4 rings (SSSR count). The summed E-state index contributed by atoms with van der Waals surface area (Å²) in [5, 5.41) is 3.03. The number of nitrogens with two attached hydrogens (primary N) is 1. The maximum atomic E-state index is 12.6. The van der Waals surface area contributed by atoms with E-state index in [-0.39, 0.29) is 35.0 Å². The predicted molar refractivity (Wildman–Crippen MR) is 109 cm³/mol. The van der Waals surface area contributed by atoms with Crippen LogP contribution >= 0.6 is 0 Å². The molecule has 0 unspecified atom stereocenters. The summed E-state index contributed by atoms with van der Waals surface area (Å²) in [4.78, 5) is 39.1. The molecule has 2 aromatic heterocycles. The number of primary amides is 1. The Kier molecular flexibility index (Phi) is 5.90. The molecular formula is C21H17F3N6O3. The van der Waals surface area contributed by atoms with E-state index < -0.39 is 17.8 Å². The molecule has 1 fully saturated rings. The third-order valence-corrected chi connectivity index (χ3v) is 4.86. The number of hydrogen-bond donors (Lipinski definition) is 2. The van der Waals surface area contributed by atoms with Gasteiger partial charge < -0.3 is 15.8 Å². The molecule has 0 aliphatic heterocycles. The molecular weight excluding hydrogens is 441 g/mol. The van der Waals surface area contributed by atoms with E-state index in [0.717, 1.165) is 12.6 Å². The lowest BCUT2D eigenvalue weighted by Crippen LogP contribution is -2.25. The summed E-state index contributed by atoms with van der Waals surface area (Å²) in [5.41, 5.74) is 4.76. The number of aromatic nitrogens is 4. The quantitative estimate of drug-likeness (QED) is 0.574. The van der Waals surface area contributed by atoms with Gasteiger partial charge in [0.25, 0.3) is 5.91 Å². The van der Waals surface area contributed by atoms with Gasteiger partial charge in [0.2, 0.25) is 5.88 Å². The average Bonchev–Trinajstić information content (AvgIpc) is 3.18. The van der Waals surface area contributed by atoms with Crippen molar-refractivity contribution in [2.45, 2.75) is 31.5 Å². The van der Waals surface area contributed by atoms with Crippen molar-refractivity contribution in [1.82, 2.24) is 19.9 Å². The first kappa shape index (κ1) is 22.1. The first-order valence-corrected chi connectivity index (χ1v) is 9.85. The maximum absolute atomic E-state index is 12.6. The number of benzene rings is 1. The van der Waals surface area contributed by atoms with Gasteiger partial charge >= 0.3 is 6.18 Å². The summed E-state index contributed by atoms with van der Waals surface area (Å²) in [6.45, 7) is 0. The highest BCUT2D eigenvalue weighted by atomic mass is 19.4. The van der Waals surface area contributed by atoms with E-state index in [1.54, 1.807) is 12.1 Å². The van der Waals surface area contributed by atoms with Crippen LogP contribution in [0, 0.1) is 0 Å².